The van der Waals surface area contributed by atoms with Gasteiger partial charge in [0.15, 0.2) is 0 Å². The van der Waals surface area contributed by atoms with Crippen LogP contribution in [-0.4, -0.2) is 39.8 Å². The summed E-state index contributed by atoms with van der Waals surface area (Å²) in [5.41, 5.74) is -0.260. The second-order valence-corrected chi connectivity index (χ2v) is 11.4. The van der Waals surface area contributed by atoms with Gasteiger partial charge in [0.05, 0.1) is 17.3 Å². The zero-order chi connectivity index (χ0) is 23.6. The normalized spacial score (nSPS) is 44.2. The molecule has 8 atom stereocenters. The molecule has 0 radical (unpaired) electrons. The van der Waals surface area contributed by atoms with E-state index in [1.165, 1.54) is 5.57 Å². The summed E-state index contributed by atoms with van der Waals surface area (Å²) in [7, 11) is 0. The molecule has 5 nitrogen and oxygen atoms in total. The second kappa shape index (κ2) is 7.78. The van der Waals surface area contributed by atoms with Crippen LogP contribution in [0.3, 0.4) is 0 Å². The van der Waals surface area contributed by atoms with Crippen molar-refractivity contribution < 1.29 is 24.5 Å². The molecule has 33 heavy (non-hydrogen) atoms. The first-order valence-electron chi connectivity index (χ1n) is 12.5. The smallest absolute Gasteiger partial charge is 0.338 e. The highest BCUT2D eigenvalue weighted by atomic mass is 16.5. The summed E-state index contributed by atoms with van der Waals surface area (Å²) in [6, 6.07) is 8.97. The number of esters is 1. The maximum atomic E-state index is 13.2. The molecule has 4 aliphatic carbocycles. The van der Waals surface area contributed by atoms with Crippen LogP contribution in [0.5, 0.6) is 0 Å². The molecule has 0 aromatic heterocycles. The molecule has 5 heteroatoms. The molecular formula is C28H36O5. The van der Waals surface area contributed by atoms with Crippen molar-refractivity contribution in [3.8, 4) is 0 Å². The van der Waals surface area contributed by atoms with Gasteiger partial charge in [-0.1, -0.05) is 43.7 Å². The van der Waals surface area contributed by atoms with E-state index in [2.05, 4.69) is 13.0 Å². The fourth-order valence-electron chi connectivity index (χ4n) is 8.15. The van der Waals surface area contributed by atoms with E-state index in [1.54, 1.807) is 19.1 Å². The van der Waals surface area contributed by atoms with E-state index in [9.17, 15) is 19.8 Å². The second-order valence-electron chi connectivity index (χ2n) is 11.4. The zero-order valence-electron chi connectivity index (χ0n) is 19.9. The number of carbonyl (C=O) groups excluding carboxylic acids is 2. The lowest BCUT2D eigenvalue weighted by molar-refractivity contribution is -0.224. The van der Waals surface area contributed by atoms with Gasteiger partial charge in [-0.15, -0.1) is 0 Å². The fraction of sp³-hybridized carbons (Fsp3) is 0.643. The van der Waals surface area contributed by atoms with Crippen LogP contribution in [0.4, 0.5) is 0 Å². The third-order valence-corrected chi connectivity index (χ3v) is 10.1. The standard InChI is InChI=1S/C28H36O5/c1-17(29)21-12-14-28(32)22-10-9-19-15-20(30)11-13-26(19,2)23(22)16-24(27(21,28)3)33-25(31)18-7-5-4-6-8-18/h4-9,20-24,30,32H,10-16H2,1-3H3/t20-,21+,22+,23-,24+,26-,27-,28-/m0/s1. The molecule has 0 amide bonds. The topological polar surface area (TPSA) is 83.8 Å². The number of hydrogen-bond acceptors (Lipinski definition) is 5. The van der Waals surface area contributed by atoms with Crippen molar-refractivity contribution in [3.63, 3.8) is 0 Å². The first-order chi connectivity index (χ1) is 15.6. The van der Waals surface area contributed by atoms with Gasteiger partial charge >= 0.3 is 5.97 Å². The lowest BCUT2D eigenvalue weighted by Gasteiger charge is -2.62. The molecule has 5 rings (SSSR count). The molecule has 1 aromatic rings. The zero-order valence-corrected chi connectivity index (χ0v) is 19.9. The molecule has 178 valence electrons. The van der Waals surface area contributed by atoms with E-state index in [0.717, 1.165) is 19.3 Å². The van der Waals surface area contributed by atoms with Crippen LogP contribution in [-0.2, 0) is 9.53 Å². The summed E-state index contributed by atoms with van der Waals surface area (Å²) in [6.07, 6.45) is 6.25. The van der Waals surface area contributed by atoms with Gasteiger partial charge in [-0.05, 0) is 81.3 Å². The minimum absolute atomic E-state index is 0.0162. The average molecular weight is 453 g/mol. The Hall–Kier alpha value is -1.98. The van der Waals surface area contributed by atoms with Crippen LogP contribution in [0.25, 0.3) is 0 Å². The maximum absolute atomic E-state index is 13.2. The first kappa shape index (κ1) is 22.8. The van der Waals surface area contributed by atoms with Crippen molar-refractivity contribution >= 4 is 11.8 Å². The van der Waals surface area contributed by atoms with Crippen LogP contribution in [0.15, 0.2) is 42.0 Å². The first-order valence-corrected chi connectivity index (χ1v) is 12.5. The number of ketones is 1. The van der Waals surface area contributed by atoms with Gasteiger partial charge in [-0.3, -0.25) is 4.79 Å². The predicted octanol–water partition coefficient (Wildman–Crippen LogP) is 4.47. The summed E-state index contributed by atoms with van der Waals surface area (Å²) in [5, 5.41) is 22.7. The quantitative estimate of drug-likeness (QED) is 0.522. The SMILES string of the molecule is CC(=O)[C@H]1CC[C@]2(O)[C@@H]3CC=C4C[C@@H](O)CC[C@]4(C)[C@H]3C[C@@H](OC(=O)c3ccccc3)[C@]12C. The lowest BCUT2D eigenvalue weighted by Crippen LogP contribution is -2.66. The molecule has 0 saturated heterocycles. The highest BCUT2D eigenvalue weighted by Gasteiger charge is 2.71. The Balaban J connectivity index is 1.57. The fourth-order valence-corrected chi connectivity index (χ4v) is 8.15. The van der Waals surface area contributed by atoms with Gasteiger partial charge in [0.25, 0.3) is 0 Å². The summed E-state index contributed by atoms with van der Waals surface area (Å²) in [5.74, 6) is -0.507. The van der Waals surface area contributed by atoms with E-state index < -0.39 is 23.1 Å². The Kier molecular flexibility index (Phi) is 5.37. The van der Waals surface area contributed by atoms with E-state index in [0.29, 0.717) is 31.2 Å². The van der Waals surface area contributed by atoms with Gasteiger partial charge in [0.1, 0.15) is 11.9 Å². The third-order valence-electron chi connectivity index (χ3n) is 10.1. The van der Waals surface area contributed by atoms with Gasteiger partial charge in [-0.25, -0.2) is 4.79 Å². The van der Waals surface area contributed by atoms with Crippen molar-refractivity contribution in [2.45, 2.75) is 83.5 Å². The summed E-state index contributed by atoms with van der Waals surface area (Å²) in [6.45, 7) is 5.85. The van der Waals surface area contributed by atoms with E-state index in [1.807, 2.05) is 25.1 Å². The minimum atomic E-state index is -1.07. The number of hydrogen-bond donors (Lipinski definition) is 2. The molecule has 0 unspecified atom stereocenters. The molecule has 0 spiro atoms. The summed E-state index contributed by atoms with van der Waals surface area (Å²) >= 11 is 0. The van der Waals surface area contributed by atoms with E-state index >= 15 is 0 Å². The van der Waals surface area contributed by atoms with Crippen molar-refractivity contribution in [1.29, 1.82) is 0 Å². The van der Waals surface area contributed by atoms with Crippen molar-refractivity contribution in [3.05, 3.63) is 47.5 Å². The van der Waals surface area contributed by atoms with E-state index in [-0.39, 0.29) is 35.1 Å². The van der Waals surface area contributed by atoms with Crippen LogP contribution < -0.4 is 0 Å². The predicted molar refractivity (Wildman–Crippen MR) is 124 cm³/mol. The molecule has 4 aliphatic rings. The Morgan fingerprint density at radius 1 is 1.06 bits per heavy atom. The number of Topliss-reactive ketones (excluding diaryl/α,β-unsaturated/α-hetero) is 1. The molecule has 2 N–H and O–H groups in total. The largest absolute Gasteiger partial charge is 0.458 e. The Labute approximate surface area is 196 Å². The van der Waals surface area contributed by atoms with Crippen molar-refractivity contribution in [2.75, 3.05) is 0 Å². The van der Waals surface area contributed by atoms with Gasteiger partial charge in [0, 0.05) is 11.3 Å². The van der Waals surface area contributed by atoms with E-state index in [4.69, 9.17) is 4.74 Å². The molecule has 3 fully saturated rings. The molecule has 0 heterocycles. The van der Waals surface area contributed by atoms with Crippen LogP contribution in [0, 0.1) is 28.6 Å². The average Bonchev–Trinajstić information content (AvgIpc) is 3.08. The molecule has 3 saturated carbocycles. The number of fused-ring (bicyclic) bond motifs is 5. The number of rotatable bonds is 3. The highest BCUT2D eigenvalue weighted by Crippen LogP contribution is 2.68. The summed E-state index contributed by atoms with van der Waals surface area (Å²) < 4.78 is 6.21. The van der Waals surface area contributed by atoms with Crippen LogP contribution in [0.1, 0.15) is 76.1 Å². The molecular weight excluding hydrogens is 416 g/mol. The Bertz CT molecular complexity index is 985. The summed E-state index contributed by atoms with van der Waals surface area (Å²) in [4.78, 5) is 25.9. The molecule has 1 aromatic carbocycles. The lowest BCUT2D eigenvalue weighted by atomic mass is 9.45. The van der Waals surface area contributed by atoms with Crippen LogP contribution in [0.2, 0.25) is 0 Å². The number of benzene rings is 1. The van der Waals surface area contributed by atoms with Crippen molar-refractivity contribution in [2.24, 2.45) is 28.6 Å². The van der Waals surface area contributed by atoms with Crippen molar-refractivity contribution in [1.82, 2.24) is 0 Å². The minimum Gasteiger partial charge on any atom is -0.458 e. The van der Waals surface area contributed by atoms with Crippen LogP contribution >= 0.6 is 0 Å². The highest BCUT2D eigenvalue weighted by molar-refractivity contribution is 5.89. The number of allylic oxidation sites excluding steroid dienone is 1. The van der Waals surface area contributed by atoms with Gasteiger partial charge < -0.3 is 14.9 Å². The number of ether oxygens (including phenoxy) is 1. The Morgan fingerprint density at radius 3 is 2.48 bits per heavy atom. The van der Waals surface area contributed by atoms with Gasteiger partial charge in [-0.2, -0.15) is 0 Å². The van der Waals surface area contributed by atoms with Gasteiger partial charge in [0.2, 0.25) is 0 Å². The molecule has 0 aliphatic heterocycles. The monoisotopic (exact) mass is 452 g/mol. The third kappa shape index (κ3) is 3.19. The number of aliphatic hydroxyl groups is 2. The number of aliphatic hydroxyl groups excluding tert-OH is 1. The molecule has 0 bridgehead atoms. The number of carbonyl (C=O) groups is 2. The maximum Gasteiger partial charge on any atom is 0.338 e. The Morgan fingerprint density at radius 2 is 1.79 bits per heavy atom.